The summed E-state index contributed by atoms with van der Waals surface area (Å²) in [5.74, 6) is 0.286. The molecule has 0 radical (unpaired) electrons. The van der Waals surface area contributed by atoms with Gasteiger partial charge < -0.3 is 5.73 Å². The lowest BCUT2D eigenvalue weighted by Gasteiger charge is -2.36. The Morgan fingerprint density at radius 3 is 2.53 bits per heavy atom. The van der Waals surface area contributed by atoms with Gasteiger partial charge in [-0.05, 0) is 12.3 Å². The first kappa shape index (κ1) is 12.9. The number of hydrogen-bond acceptors (Lipinski definition) is 3. The van der Waals surface area contributed by atoms with Gasteiger partial charge in [-0.3, -0.25) is 0 Å². The van der Waals surface area contributed by atoms with Crippen LogP contribution < -0.4 is 5.73 Å². The number of piperidine rings is 1. The quantitative estimate of drug-likeness (QED) is 0.740. The van der Waals surface area contributed by atoms with Gasteiger partial charge in [0.1, 0.15) is 0 Å². The van der Waals surface area contributed by atoms with Gasteiger partial charge in [0.2, 0.25) is 0 Å². The van der Waals surface area contributed by atoms with Crippen molar-refractivity contribution in [1.82, 2.24) is 8.61 Å². The highest BCUT2D eigenvalue weighted by molar-refractivity contribution is 7.86. The molecule has 0 bridgehead atoms. The van der Waals surface area contributed by atoms with Gasteiger partial charge in [-0.15, -0.1) is 0 Å². The maximum Gasteiger partial charge on any atom is 0.281 e. The lowest BCUT2D eigenvalue weighted by Crippen LogP contribution is -2.51. The molecule has 0 aliphatic carbocycles. The van der Waals surface area contributed by atoms with Gasteiger partial charge in [0.05, 0.1) is 0 Å². The minimum Gasteiger partial charge on any atom is -0.327 e. The van der Waals surface area contributed by atoms with E-state index < -0.39 is 10.2 Å². The van der Waals surface area contributed by atoms with Crippen LogP contribution in [-0.4, -0.2) is 50.3 Å². The van der Waals surface area contributed by atoms with Crippen molar-refractivity contribution < 1.29 is 8.42 Å². The van der Waals surface area contributed by atoms with Crippen LogP contribution in [0.5, 0.6) is 0 Å². The number of nitrogens with zero attached hydrogens (tertiary/aromatic N) is 2. The summed E-state index contributed by atoms with van der Waals surface area (Å²) in [4.78, 5) is 0. The van der Waals surface area contributed by atoms with Crippen LogP contribution in [0.4, 0.5) is 0 Å². The zero-order valence-electron chi connectivity index (χ0n) is 9.68. The van der Waals surface area contributed by atoms with E-state index in [2.05, 4.69) is 6.92 Å². The predicted molar refractivity (Wildman–Crippen MR) is 60.6 cm³/mol. The molecule has 2 N–H and O–H groups in total. The van der Waals surface area contributed by atoms with Crippen molar-refractivity contribution in [2.24, 2.45) is 11.7 Å². The maximum absolute atomic E-state index is 11.9. The molecule has 5 nitrogen and oxygen atoms in total. The minimum atomic E-state index is -3.26. The van der Waals surface area contributed by atoms with Crippen molar-refractivity contribution in [2.45, 2.75) is 25.8 Å². The van der Waals surface area contributed by atoms with Crippen LogP contribution in [0.2, 0.25) is 0 Å². The normalized spacial score (nSPS) is 29.7. The molecule has 0 amide bonds. The molecular weight excluding hydrogens is 214 g/mol. The van der Waals surface area contributed by atoms with Gasteiger partial charge in [0, 0.05) is 33.2 Å². The molecule has 1 rings (SSSR count). The third kappa shape index (κ3) is 2.69. The van der Waals surface area contributed by atoms with E-state index in [-0.39, 0.29) is 12.0 Å². The molecule has 0 saturated carbocycles. The third-order valence-electron chi connectivity index (χ3n) is 3.07. The third-order valence-corrected chi connectivity index (χ3v) is 4.97. The first-order chi connectivity index (χ1) is 6.89. The minimum absolute atomic E-state index is 0.142. The molecule has 1 aliphatic rings. The summed E-state index contributed by atoms with van der Waals surface area (Å²) in [6.07, 6.45) is 1.69. The van der Waals surface area contributed by atoms with Crippen molar-refractivity contribution in [3.8, 4) is 0 Å². The molecule has 1 heterocycles. The molecule has 90 valence electrons. The Kier molecular flexibility index (Phi) is 4.11. The Labute approximate surface area is 92.4 Å². The SMILES string of the molecule is CCC1CN(S(=O)(=O)N(C)C)CCC1N. The highest BCUT2D eigenvalue weighted by Gasteiger charge is 2.33. The summed E-state index contributed by atoms with van der Waals surface area (Å²) < 4.78 is 26.5. The summed E-state index contributed by atoms with van der Waals surface area (Å²) >= 11 is 0. The van der Waals surface area contributed by atoms with E-state index in [1.807, 2.05) is 0 Å². The van der Waals surface area contributed by atoms with E-state index in [1.165, 1.54) is 8.61 Å². The molecule has 2 atom stereocenters. The molecule has 6 heteroatoms. The van der Waals surface area contributed by atoms with E-state index >= 15 is 0 Å². The van der Waals surface area contributed by atoms with Gasteiger partial charge in [-0.1, -0.05) is 13.3 Å². The van der Waals surface area contributed by atoms with E-state index in [1.54, 1.807) is 14.1 Å². The smallest absolute Gasteiger partial charge is 0.281 e. The van der Waals surface area contributed by atoms with Crippen molar-refractivity contribution in [1.29, 1.82) is 0 Å². The Morgan fingerprint density at radius 1 is 1.47 bits per heavy atom. The van der Waals surface area contributed by atoms with Crippen LogP contribution in [0.25, 0.3) is 0 Å². The summed E-state index contributed by atoms with van der Waals surface area (Å²) in [7, 11) is -0.135. The van der Waals surface area contributed by atoms with Gasteiger partial charge in [-0.2, -0.15) is 17.0 Å². The molecule has 1 aliphatic heterocycles. The summed E-state index contributed by atoms with van der Waals surface area (Å²) in [6, 6.07) is 0.142. The van der Waals surface area contributed by atoms with Gasteiger partial charge in [0.15, 0.2) is 0 Å². The van der Waals surface area contributed by atoms with Crippen LogP contribution in [0, 0.1) is 5.92 Å². The van der Waals surface area contributed by atoms with Crippen LogP contribution in [0.1, 0.15) is 19.8 Å². The summed E-state index contributed by atoms with van der Waals surface area (Å²) in [5.41, 5.74) is 5.94. The van der Waals surface area contributed by atoms with Crippen molar-refractivity contribution >= 4 is 10.2 Å². The molecule has 0 spiro atoms. The molecule has 0 aromatic rings. The number of hydrogen-bond donors (Lipinski definition) is 1. The maximum atomic E-state index is 11.9. The van der Waals surface area contributed by atoms with Crippen molar-refractivity contribution in [2.75, 3.05) is 27.2 Å². The number of rotatable bonds is 3. The molecule has 15 heavy (non-hydrogen) atoms. The van der Waals surface area contributed by atoms with Crippen LogP contribution in [0.15, 0.2) is 0 Å². The average molecular weight is 235 g/mol. The second-order valence-electron chi connectivity index (χ2n) is 4.27. The Morgan fingerprint density at radius 2 is 2.07 bits per heavy atom. The second kappa shape index (κ2) is 4.78. The van der Waals surface area contributed by atoms with E-state index in [0.29, 0.717) is 13.1 Å². The summed E-state index contributed by atoms with van der Waals surface area (Å²) in [6.45, 7) is 3.15. The molecule has 2 unspecified atom stereocenters. The van der Waals surface area contributed by atoms with Crippen LogP contribution in [-0.2, 0) is 10.2 Å². The lowest BCUT2D eigenvalue weighted by atomic mass is 9.92. The Balaban J connectivity index is 2.75. The zero-order valence-corrected chi connectivity index (χ0v) is 10.5. The Bertz CT molecular complexity index is 302. The molecule has 0 aromatic heterocycles. The fourth-order valence-electron chi connectivity index (χ4n) is 1.89. The highest BCUT2D eigenvalue weighted by atomic mass is 32.2. The number of nitrogens with two attached hydrogens (primary N) is 1. The van der Waals surface area contributed by atoms with Crippen LogP contribution >= 0.6 is 0 Å². The second-order valence-corrected chi connectivity index (χ2v) is 6.41. The standard InChI is InChI=1S/C9H21N3O2S/c1-4-8-7-12(6-5-9(8)10)15(13,14)11(2)3/h8-9H,4-7,10H2,1-3H3. The van der Waals surface area contributed by atoms with Crippen LogP contribution in [0.3, 0.4) is 0 Å². The van der Waals surface area contributed by atoms with Gasteiger partial charge in [-0.25, -0.2) is 0 Å². The first-order valence-corrected chi connectivity index (χ1v) is 6.72. The fraction of sp³-hybridized carbons (Fsp3) is 1.00. The fourth-order valence-corrected chi connectivity index (χ4v) is 3.07. The zero-order chi connectivity index (χ0) is 11.6. The van der Waals surface area contributed by atoms with Gasteiger partial charge >= 0.3 is 0 Å². The van der Waals surface area contributed by atoms with Crippen molar-refractivity contribution in [3.05, 3.63) is 0 Å². The van der Waals surface area contributed by atoms with E-state index in [4.69, 9.17) is 5.73 Å². The van der Waals surface area contributed by atoms with Crippen molar-refractivity contribution in [3.63, 3.8) is 0 Å². The topological polar surface area (TPSA) is 66.6 Å². The largest absolute Gasteiger partial charge is 0.327 e. The molecule has 1 saturated heterocycles. The lowest BCUT2D eigenvalue weighted by molar-refractivity contribution is 0.222. The molecule has 1 fully saturated rings. The first-order valence-electron chi connectivity index (χ1n) is 5.32. The monoisotopic (exact) mass is 235 g/mol. The highest BCUT2D eigenvalue weighted by Crippen LogP contribution is 2.21. The predicted octanol–water partition coefficient (Wildman–Crippen LogP) is -0.148. The van der Waals surface area contributed by atoms with Gasteiger partial charge in [0.25, 0.3) is 10.2 Å². The molecule has 0 aromatic carbocycles. The average Bonchev–Trinajstić information content (AvgIpc) is 2.18. The molecular formula is C9H21N3O2S. The Hall–Kier alpha value is -0.170. The summed E-state index contributed by atoms with van der Waals surface area (Å²) in [5, 5.41) is 0. The van der Waals surface area contributed by atoms with E-state index in [9.17, 15) is 8.42 Å². The van der Waals surface area contributed by atoms with E-state index in [0.717, 1.165) is 12.8 Å².